The monoisotopic (exact) mass is 234 g/mol. The first-order valence-electron chi connectivity index (χ1n) is 6.07. The fraction of sp³-hybridized carbons (Fsp3) is 0.583. The molecule has 2 rings (SSSR count). The van der Waals surface area contributed by atoms with Crippen molar-refractivity contribution in [1.29, 1.82) is 0 Å². The van der Waals surface area contributed by atoms with Crippen LogP contribution in [-0.2, 0) is 0 Å². The van der Waals surface area contributed by atoms with E-state index in [0.717, 1.165) is 19.6 Å². The van der Waals surface area contributed by atoms with Gasteiger partial charge in [-0.2, -0.15) is 0 Å². The molecule has 0 saturated carbocycles. The van der Waals surface area contributed by atoms with E-state index in [1.807, 2.05) is 0 Å². The smallest absolute Gasteiger partial charge is 0.196 e. The molecule has 17 heavy (non-hydrogen) atoms. The maximum absolute atomic E-state index is 11.7. The van der Waals surface area contributed by atoms with E-state index in [4.69, 9.17) is 0 Å². The van der Waals surface area contributed by atoms with Gasteiger partial charge in [0.2, 0.25) is 0 Å². The highest BCUT2D eigenvalue weighted by Gasteiger charge is 2.13. The summed E-state index contributed by atoms with van der Waals surface area (Å²) in [6.45, 7) is 3.40. The summed E-state index contributed by atoms with van der Waals surface area (Å²) in [6.07, 6.45) is 7.08. The Morgan fingerprint density at radius 3 is 3.18 bits per heavy atom. The molecule has 1 atom stereocenters. The molecule has 0 aromatic carbocycles. The zero-order valence-corrected chi connectivity index (χ0v) is 9.85. The second kappa shape index (κ2) is 6.42. The minimum absolute atomic E-state index is 0.00173. The minimum Gasteiger partial charge on any atom is -0.316 e. The average molecular weight is 234 g/mol. The number of nitrogens with zero attached hydrogens (tertiary/aromatic N) is 2. The number of Topliss-reactive ketones (excluding diaryl/α,β-unsaturated/α-hetero) is 1. The Balaban J connectivity index is 1.69. The van der Waals surface area contributed by atoms with E-state index in [1.54, 1.807) is 6.20 Å². The number of aromatic nitrogens is 2. The first-order chi connectivity index (χ1) is 8.36. The van der Waals surface area contributed by atoms with Crippen molar-refractivity contribution < 1.29 is 4.79 Å². The van der Waals surface area contributed by atoms with Crippen LogP contribution in [0.1, 0.15) is 23.3 Å². The van der Waals surface area contributed by atoms with Crippen LogP contribution in [0.5, 0.6) is 0 Å². The van der Waals surface area contributed by atoms with Crippen LogP contribution >= 0.6 is 0 Å². The van der Waals surface area contributed by atoms with Crippen LogP contribution in [-0.4, -0.2) is 41.9 Å². The van der Waals surface area contributed by atoms with Crippen molar-refractivity contribution in [2.24, 2.45) is 5.92 Å². The first kappa shape index (κ1) is 12.1. The number of rotatable bonds is 5. The minimum atomic E-state index is 0.00173. The Morgan fingerprint density at radius 1 is 1.53 bits per heavy atom. The van der Waals surface area contributed by atoms with Gasteiger partial charge >= 0.3 is 0 Å². The fourth-order valence-corrected chi connectivity index (χ4v) is 2.02. The van der Waals surface area contributed by atoms with Gasteiger partial charge in [-0.1, -0.05) is 0 Å². The maximum atomic E-state index is 11.7. The van der Waals surface area contributed by atoms with Gasteiger partial charge in [-0.25, -0.2) is 4.98 Å². The van der Waals surface area contributed by atoms with E-state index in [9.17, 15) is 4.79 Å². The summed E-state index contributed by atoms with van der Waals surface area (Å²) in [5, 5.41) is 6.55. The number of ketones is 1. The second-order valence-electron chi connectivity index (χ2n) is 4.36. The van der Waals surface area contributed by atoms with E-state index >= 15 is 0 Å². The van der Waals surface area contributed by atoms with E-state index in [0.29, 0.717) is 18.2 Å². The lowest BCUT2D eigenvalue weighted by atomic mass is 10.00. The summed E-state index contributed by atoms with van der Waals surface area (Å²) >= 11 is 0. The van der Waals surface area contributed by atoms with E-state index in [1.165, 1.54) is 25.2 Å². The Labute approximate surface area is 101 Å². The number of carbonyl (C=O) groups excluding carboxylic acids is 1. The van der Waals surface area contributed by atoms with Gasteiger partial charge in [-0.15, -0.1) is 0 Å². The molecule has 0 bridgehead atoms. The summed E-state index contributed by atoms with van der Waals surface area (Å²) in [6, 6.07) is 0. The summed E-state index contributed by atoms with van der Waals surface area (Å²) in [7, 11) is 0. The molecule has 5 nitrogen and oxygen atoms in total. The molecule has 1 aromatic rings. The van der Waals surface area contributed by atoms with Gasteiger partial charge in [0.25, 0.3) is 0 Å². The topological polar surface area (TPSA) is 66.9 Å². The van der Waals surface area contributed by atoms with Crippen LogP contribution in [0.15, 0.2) is 18.6 Å². The molecule has 2 N–H and O–H groups in total. The van der Waals surface area contributed by atoms with E-state index in [2.05, 4.69) is 20.6 Å². The molecule has 1 aliphatic heterocycles. The first-order valence-corrected chi connectivity index (χ1v) is 6.07. The second-order valence-corrected chi connectivity index (χ2v) is 4.36. The molecular weight excluding hydrogens is 216 g/mol. The Morgan fingerprint density at radius 2 is 2.47 bits per heavy atom. The van der Waals surface area contributed by atoms with Crippen molar-refractivity contribution in [2.75, 3.05) is 26.2 Å². The summed E-state index contributed by atoms with van der Waals surface area (Å²) < 4.78 is 0. The summed E-state index contributed by atoms with van der Waals surface area (Å²) in [5.41, 5.74) is 0.432. The van der Waals surface area contributed by atoms with Gasteiger partial charge in [0.15, 0.2) is 5.78 Å². The lowest BCUT2D eigenvalue weighted by Crippen LogP contribution is -2.37. The molecule has 1 fully saturated rings. The third-order valence-corrected chi connectivity index (χ3v) is 2.97. The average Bonchev–Trinajstić information content (AvgIpc) is 2.41. The van der Waals surface area contributed by atoms with E-state index < -0.39 is 0 Å². The number of carbonyl (C=O) groups is 1. The van der Waals surface area contributed by atoms with Crippen LogP contribution in [0.25, 0.3) is 0 Å². The summed E-state index contributed by atoms with van der Waals surface area (Å²) in [5.74, 6) is 0.639. The Bertz CT molecular complexity index is 349. The fourth-order valence-electron chi connectivity index (χ4n) is 2.02. The molecule has 5 heteroatoms. The quantitative estimate of drug-likeness (QED) is 0.715. The Kier molecular flexibility index (Phi) is 4.58. The third-order valence-electron chi connectivity index (χ3n) is 2.97. The van der Waals surface area contributed by atoms with Crippen molar-refractivity contribution in [3.8, 4) is 0 Å². The van der Waals surface area contributed by atoms with E-state index in [-0.39, 0.29) is 5.78 Å². The van der Waals surface area contributed by atoms with Gasteiger partial charge in [0.1, 0.15) is 5.69 Å². The van der Waals surface area contributed by atoms with Crippen molar-refractivity contribution in [3.05, 3.63) is 24.3 Å². The van der Waals surface area contributed by atoms with Gasteiger partial charge < -0.3 is 10.6 Å². The number of nitrogens with one attached hydrogen (secondary N) is 2. The van der Waals surface area contributed by atoms with Crippen molar-refractivity contribution in [1.82, 2.24) is 20.6 Å². The molecule has 0 radical (unpaired) electrons. The van der Waals surface area contributed by atoms with Gasteiger partial charge in [0.05, 0.1) is 12.7 Å². The van der Waals surface area contributed by atoms with Crippen molar-refractivity contribution >= 4 is 5.78 Å². The molecule has 1 saturated heterocycles. The van der Waals surface area contributed by atoms with Crippen LogP contribution in [0, 0.1) is 5.92 Å². The molecule has 2 heterocycles. The number of hydrogen-bond acceptors (Lipinski definition) is 5. The molecule has 92 valence electrons. The zero-order chi connectivity index (χ0) is 11.9. The van der Waals surface area contributed by atoms with Crippen molar-refractivity contribution in [2.45, 2.75) is 12.8 Å². The highest BCUT2D eigenvalue weighted by Crippen LogP contribution is 2.07. The van der Waals surface area contributed by atoms with Crippen LogP contribution in [0.3, 0.4) is 0 Å². The normalized spacial score (nSPS) is 20.1. The highest BCUT2D eigenvalue weighted by molar-refractivity contribution is 5.95. The highest BCUT2D eigenvalue weighted by atomic mass is 16.1. The van der Waals surface area contributed by atoms with Gasteiger partial charge in [0, 0.05) is 12.4 Å². The largest absolute Gasteiger partial charge is 0.316 e. The lowest BCUT2D eigenvalue weighted by molar-refractivity contribution is 0.0984. The zero-order valence-electron chi connectivity index (χ0n) is 9.85. The van der Waals surface area contributed by atoms with Gasteiger partial charge in [-0.3, -0.25) is 9.78 Å². The number of piperidine rings is 1. The molecule has 1 aliphatic rings. The maximum Gasteiger partial charge on any atom is 0.196 e. The Hall–Kier alpha value is -1.33. The predicted octanol–water partition coefficient (Wildman–Crippen LogP) is 0.249. The SMILES string of the molecule is O=C(CNCC1CCCNC1)c1cnccn1. The molecule has 1 unspecified atom stereocenters. The van der Waals surface area contributed by atoms with Gasteiger partial charge in [-0.05, 0) is 38.4 Å². The molecule has 0 spiro atoms. The van der Waals surface area contributed by atoms with Crippen LogP contribution in [0.2, 0.25) is 0 Å². The molecule has 0 amide bonds. The summed E-state index contributed by atoms with van der Waals surface area (Å²) in [4.78, 5) is 19.6. The van der Waals surface area contributed by atoms with Crippen molar-refractivity contribution in [3.63, 3.8) is 0 Å². The van der Waals surface area contributed by atoms with Crippen LogP contribution in [0.4, 0.5) is 0 Å². The third kappa shape index (κ3) is 3.87. The molecular formula is C12H18N4O. The molecule has 0 aliphatic carbocycles. The lowest BCUT2D eigenvalue weighted by Gasteiger charge is -2.22. The van der Waals surface area contributed by atoms with Crippen LogP contribution < -0.4 is 10.6 Å². The predicted molar refractivity (Wildman–Crippen MR) is 64.8 cm³/mol. The standard InChI is InChI=1S/C12H18N4O/c17-12(11-8-14-4-5-16-11)9-15-7-10-2-1-3-13-6-10/h4-5,8,10,13,15H,1-3,6-7,9H2. The number of hydrogen-bond donors (Lipinski definition) is 2. The molecule has 1 aromatic heterocycles.